The summed E-state index contributed by atoms with van der Waals surface area (Å²) >= 11 is 0. The first-order valence-corrected chi connectivity index (χ1v) is 4.38. The molecular weight excluding hydrogens is 219 g/mol. The van der Waals surface area contributed by atoms with Crippen molar-refractivity contribution in [3.8, 4) is 0 Å². The van der Waals surface area contributed by atoms with E-state index in [1.54, 1.807) is 13.0 Å². The monoisotopic (exact) mass is 227 g/mol. The molecule has 84 valence electrons. The van der Waals surface area contributed by atoms with Gasteiger partial charge >= 0.3 is 6.18 Å². The topological polar surface area (TPSA) is 48.8 Å². The van der Waals surface area contributed by atoms with Gasteiger partial charge in [0, 0.05) is 10.6 Å². The third-order valence-corrected chi connectivity index (χ3v) is 1.85. The first kappa shape index (κ1) is 12.1. The Morgan fingerprint density at radius 3 is 2.56 bits per heavy atom. The highest BCUT2D eigenvalue weighted by atomic mass is 19.4. The molecule has 0 saturated heterocycles. The molecule has 1 aromatic carbocycles. The molecule has 0 saturated carbocycles. The van der Waals surface area contributed by atoms with Crippen LogP contribution >= 0.6 is 0 Å². The summed E-state index contributed by atoms with van der Waals surface area (Å²) in [5, 5.41) is 3.31. The Balaban J connectivity index is 3.33. The summed E-state index contributed by atoms with van der Waals surface area (Å²) in [4.78, 5) is 2.55. The van der Waals surface area contributed by atoms with Crippen LogP contribution in [0.1, 0.15) is 18.1 Å². The van der Waals surface area contributed by atoms with Crippen molar-refractivity contribution in [3.05, 3.63) is 45.8 Å². The van der Waals surface area contributed by atoms with Gasteiger partial charge in [-0.05, 0) is 30.2 Å². The lowest BCUT2D eigenvalue weighted by Gasteiger charge is -2.08. The van der Waals surface area contributed by atoms with Gasteiger partial charge in [0.05, 0.1) is 5.56 Å². The lowest BCUT2D eigenvalue weighted by Crippen LogP contribution is -2.04. The van der Waals surface area contributed by atoms with E-state index in [9.17, 15) is 13.2 Å². The molecule has 0 aliphatic rings. The summed E-state index contributed by atoms with van der Waals surface area (Å²) in [5.74, 6) is 0. The Morgan fingerprint density at radius 1 is 1.38 bits per heavy atom. The second-order valence-electron chi connectivity index (χ2n) is 2.96. The highest BCUT2D eigenvalue weighted by Gasteiger charge is 2.30. The molecule has 0 bridgehead atoms. The first-order valence-electron chi connectivity index (χ1n) is 4.38. The van der Waals surface area contributed by atoms with Gasteiger partial charge in [0.25, 0.3) is 0 Å². The highest BCUT2D eigenvalue weighted by molar-refractivity contribution is 5.64. The molecule has 3 nitrogen and oxygen atoms in total. The largest absolute Gasteiger partial charge is 0.416 e. The van der Waals surface area contributed by atoms with E-state index in [-0.39, 0.29) is 11.3 Å². The molecule has 0 aliphatic heterocycles. The van der Waals surface area contributed by atoms with Crippen LogP contribution in [0.25, 0.3) is 16.5 Å². The average molecular weight is 227 g/mol. The third-order valence-electron chi connectivity index (χ3n) is 1.85. The fourth-order valence-electron chi connectivity index (χ4n) is 1.18. The molecule has 1 aromatic rings. The van der Waals surface area contributed by atoms with Gasteiger partial charge in [-0.25, -0.2) is 0 Å². The van der Waals surface area contributed by atoms with E-state index in [2.05, 4.69) is 10.0 Å². The van der Waals surface area contributed by atoms with Crippen molar-refractivity contribution < 1.29 is 13.2 Å². The van der Waals surface area contributed by atoms with Crippen molar-refractivity contribution in [2.45, 2.75) is 13.1 Å². The summed E-state index contributed by atoms with van der Waals surface area (Å²) in [7, 11) is 0. The second-order valence-corrected chi connectivity index (χ2v) is 2.96. The summed E-state index contributed by atoms with van der Waals surface area (Å²) in [5.41, 5.74) is 7.91. The Morgan fingerprint density at radius 2 is 2.06 bits per heavy atom. The number of hydrogen-bond acceptors (Lipinski definition) is 1. The number of halogens is 3. The molecule has 0 aromatic heterocycles. The quantitative estimate of drug-likeness (QED) is 0.400. The van der Waals surface area contributed by atoms with Gasteiger partial charge in [-0.15, -0.1) is 0 Å². The van der Waals surface area contributed by atoms with Crippen LogP contribution in [0, 0.1) is 0 Å². The molecule has 0 amide bonds. The smallest absolute Gasteiger partial charge is 0.166 e. The van der Waals surface area contributed by atoms with Gasteiger partial charge < -0.3 is 0 Å². The summed E-state index contributed by atoms with van der Waals surface area (Å²) < 4.78 is 37.2. The fourth-order valence-corrected chi connectivity index (χ4v) is 1.18. The number of azide groups is 1. The van der Waals surface area contributed by atoms with E-state index in [1.165, 1.54) is 6.08 Å². The molecule has 0 spiro atoms. The maximum absolute atomic E-state index is 12.4. The van der Waals surface area contributed by atoms with Crippen LogP contribution in [0.5, 0.6) is 0 Å². The Kier molecular flexibility index (Phi) is 3.58. The van der Waals surface area contributed by atoms with Crippen LogP contribution < -0.4 is 0 Å². The fraction of sp³-hybridized carbons (Fsp3) is 0.200. The first-order chi connectivity index (χ1) is 7.49. The molecule has 1 rings (SSSR count). The zero-order valence-corrected chi connectivity index (χ0v) is 8.36. The van der Waals surface area contributed by atoms with Gasteiger partial charge in [-0.1, -0.05) is 23.3 Å². The van der Waals surface area contributed by atoms with Gasteiger partial charge in [0.15, 0.2) is 0 Å². The second kappa shape index (κ2) is 4.72. The molecular formula is C10H8F3N3. The van der Waals surface area contributed by atoms with E-state index in [4.69, 9.17) is 5.53 Å². The van der Waals surface area contributed by atoms with Crippen LogP contribution in [0.2, 0.25) is 0 Å². The Labute approximate surface area is 89.8 Å². The van der Waals surface area contributed by atoms with E-state index in [0.717, 1.165) is 18.2 Å². The lowest BCUT2D eigenvalue weighted by molar-refractivity contribution is -0.137. The normalized spacial score (nSPS) is 11.5. The van der Waals surface area contributed by atoms with Crippen LogP contribution in [0.15, 0.2) is 29.4 Å². The van der Waals surface area contributed by atoms with Crippen LogP contribution in [0.4, 0.5) is 18.9 Å². The minimum atomic E-state index is -4.40. The summed E-state index contributed by atoms with van der Waals surface area (Å²) in [6.07, 6.45) is -1.36. The average Bonchev–Trinajstić information content (AvgIpc) is 2.19. The predicted octanol–water partition coefficient (Wildman–Crippen LogP) is 4.68. The molecule has 0 atom stereocenters. The van der Waals surface area contributed by atoms with Crippen molar-refractivity contribution in [2.75, 3.05) is 0 Å². The standard InChI is InChI=1S/C10H8F3N3/c1-2-3-7-6-8(10(11,12)13)4-5-9(7)15-16-14/h2-6H,1H3/b3-2+. The van der Waals surface area contributed by atoms with Gasteiger partial charge in [-0.2, -0.15) is 13.2 Å². The van der Waals surface area contributed by atoms with E-state index < -0.39 is 11.7 Å². The van der Waals surface area contributed by atoms with Gasteiger partial charge in [-0.3, -0.25) is 0 Å². The van der Waals surface area contributed by atoms with Crippen molar-refractivity contribution >= 4 is 11.8 Å². The van der Waals surface area contributed by atoms with Crippen LogP contribution in [-0.4, -0.2) is 0 Å². The van der Waals surface area contributed by atoms with E-state index in [0.29, 0.717) is 0 Å². The molecule has 0 fully saturated rings. The lowest BCUT2D eigenvalue weighted by atomic mass is 10.1. The number of benzene rings is 1. The van der Waals surface area contributed by atoms with Crippen molar-refractivity contribution in [1.82, 2.24) is 0 Å². The highest BCUT2D eigenvalue weighted by Crippen LogP contribution is 2.33. The number of allylic oxidation sites excluding steroid dienone is 1. The summed E-state index contributed by atoms with van der Waals surface area (Å²) in [6, 6.07) is 2.99. The number of alkyl halides is 3. The Bertz CT molecular complexity index is 457. The third kappa shape index (κ3) is 2.77. The minimum Gasteiger partial charge on any atom is -0.166 e. The summed E-state index contributed by atoms with van der Waals surface area (Å²) in [6.45, 7) is 1.67. The predicted molar refractivity (Wildman–Crippen MR) is 55.0 cm³/mol. The van der Waals surface area contributed by atoms with Crippen LogP contribution in [-0.2, 0) is 6.18 Å². The van der Waals surface area contributed by atoms with Crippen LogP contribution in [0.3, 0.4) is 0 Å². The van der Waals surface area contributed by atoms with Crippen molar-refractivity contribution in [3.63, 3.8) is 0 Å². The number of hydrogen-bond donors (Lipinski definition) is 0. The van der Waals surface area contributed by atoms with Crippen molar-refractivity contribution in [1.29, 1.82) is 0 Å². The van der Waals surface area contributed by atoms with E-state index in [1.807, 2.05) is 0 Å². The Hall–Kier alpha value is -1.94. The molecule has 6 heteroatoms. The number of nitrogens with zero attached hydrogens (tertiary/aromatic N) is 3. The molecule has 0 radical (unpaired) electrons. The molecule has 16 heavy (non-hydrogen) atoms. The molecule has 0 aliphatic carbocycles. The van der Waals surface area contributed by atoms with Gasteiger partial charge in [0.2, 0.25) is 0 Å². The maximum atomic E-state index is 12.4. The maximum Gasteiger partial charge on any atom is 0.416 e. The van der Waals surface area contributed by atoms with E-state index >= 15 is 0 Å². The SMILES string of the molecule is C/C=C/c1cc(C(F)(F)F)ccc1N=[N+]=[N-]. The molecule has 0 unspecified atom stereocenters. The van der Waals surface area contributed by atoms with Crippen molar-refractivity contribution in [2.24, 2.45) is 5.11 Å². The van der Waals surface area contributed by atoms with Gasteiger partial charge in [0.1, 0.15) is 0 Å². The minimum absolute atomic E-state index is 0.175. The molecule has 0 N–H and O–H groups in total. The number of rotatable bonds is 2. The zero-order chi connectivity index (χ0) is 12.2. The zero-order valence-electron chi connectivity index (χ0n) is 8.36. The molecule has 0 heterocycles.